The molecule has 0 spiro atoms. The molecular formula is C12H25N. The first-order valence-corrected chi connectivity index (χ1v) is 5.62. The van der Waals surface area contributed by atoms with Crippen LogP contribution in [0, 0.1) is 10.8 Å². The SMILES string of the molecule is CCCC1(C)CC(N)CC(C)(C)C1. The fourth-order valence-corrected chi connectivity index (χ4v) is 3.51. The van der Waals surface area contributed by atoms with E-state index in [1.54, 1.807) is 0 Å². The van der Waals surface area contributed by atoms with E-state index in [0.29, 0.717) is 16.9 Å². The number of rotatable bonds is 2. The second kappa shape index (κ2) is 3.61. The maximum absolute atomic E-state index is 6.12. The van der Waals surface area contributed by atoms with Crippen LogP contribution in [0.25, 0.3) is 0 Å². The van der Waals surface area contributed by atoms with E-state index in [0.717, 1.165) is 0 Å². The highest BCUT2D eigenvalue weighted by atomic mass is 14.7. The Morgan fingerprint density at radius 3 is 2.31 bits per heavy atom. The van der Waals surface area contributed by atoms with E-state index < -0.39 is 0 Å². The predicted octanol–water partition coefficient (Wildman–Crippen LogP) is 3.33. The molecule has 0 aromatic carbocycles. The predicted molar refractivity (Wildman–Crippen MR) is 58.6 cm³/mol. The van der Waals surface area contributed by atoms with Crippen molar-refractivity contribution < 1.29 is 0 Å². The molecule has 78 valence electrons. The zero-order valence-corrected chi connectivity index (χ0v) is 9.69. The van der Waals surface area contributed by atoms with Gasteiger partial charge >= 0.3 is 0 Å². The third kappa shape index (κ3) is 2.98. The standard InChI is InChI=1S/C12H25N/c1-5-6-12(4)8-10(13)7-11(2,3)9-12/h10H,5-9,13H2,1-4H3. The molecule has 0 heterocycles. The van der Waals surface area contributed by atoms with Crippen LogP contribution in [0.1, 0.15) is 59.8 Å². The van der Waals surface area contributed by atoms with Crippen LogP contribution in [0.15, 0.2) is 0 Å². The monoisotopic (exact) mass is 183 g/mol. The van der Waals surface area contributed by atoms with E-state index in [1.165, 1.54) is 32.1 Å². The topological polar surface area (TPSA) is 26.0 Å². The van der Waals surface area contributed by atoms with Crippen molar-refractivity contribution in [2.45, 2.75) is 65.8 Å². The van der Waals surface area contributed by atoms with Crippen LogP contribution in [0.5, 0.6) is 0 Å². The van der Waals surface area contributed by atoms with Crippen LogP contribution in [-0.2, 0) is 0 Å². The average Bonchev–Trinajstić information content (AvgIpc) is 1.78. The van der Waals surface area contributed by atoms with Crippen LogP contribution in [0.4, 0.5) is 0 Å². The summed E-state index contributed by atoms with van der Waals surface area (Å²) in [6, 6.07) is 0.431. The highest BCUT2D eigenvalue weighted by Gasteiger charge is 2.39. The van der Waals surface area contributed by atoms with E-state index in [2.05, 4.69) is 27.7 Å². The van der Waals surface area contributed by atoms with Gasteiger partial charge in [-0.1, -0.05) is 34.1 Å². The Hall–Kier alpha value is -0.0400. The summed E-state index contributed by atoms with van der Waals surface area (Å²) in [5.41, 5.74) is 7.09. The van der Waals surface area contributed by atoms with E-state index in [1.807, 2.05) is 0 Å². The molecule has 13 heavy (non-hydrogen) atoms. The molecule has 2 atom stereocenters. The number of nitrogens with two attached hydrogens (primary N) is 1. The van der Waals surface area contributed by atoms with Crippen molar-refractivity contribution in [1.82, 2.24) is 0 Å². The van der Waals surface area contributed by atoms with Crippen LogP contribution in [0.3, 0.4) is 0 Å². The summed E-state index contributed by atoms with van der Waals surface area (Å²) in [6.45, 7) is 9.41. The lowest BCUT2D eigenvalue weighted by Gasteiger charge is -2.45. The summed E-state index contributed by atoms with van der Waals surface area (Å²) in [5.74, 6) is 0. The Balaban J connectivity index is 2.66. The minimum Gasteiger partial charge on any atom is -0.328 e. The third-order valence-corrected chi connectivity index (χ3v) is 3.33. The smallest absolute Gasteiger partial charge is 0.00491 e. The Labute approximate surface area is 83.1 Å². The third-order valence-electron chi connectivity index (χ3n) is 3.33. The van der Waals surface area contributed by atoms with Crippen molar-refractivity contribution in [2.75, 3.05) is 0 Å². The van der Waals surface area contributed by atoms with Crippen molar-refractivity contribution in [3.63, 3.8) is 0 Å². The van der Waals surface area contributed by atoms with E-state index in [-0.39, 0.29) is 0 Å². The van der Waals surface area contributed by atoms with Crippen molar-refractivity contribution in [3.05, 3.63) is 0 Å². The highest BCUT2D eigenvalue weighted by Crippen LogP contribution is 2.47. The second-order valence-corrected chi connectivity index (χ2v) is 6.07. The van der Waals surface area contributed by atoms with Crippen LogP contribution in [0.2, 0.25) is 0 Å². The summed E-state index contributed by atoms with van der Waals surface area (Å²) >= 11 is 0. The van der Waals surface area contributed by atoms with Gasteiger partial charge in [0.15, 0.2) is 0 Å². The first-order chi connectivity index (χ1) is 5.87. The first-order valence-electron chi connectivity index (χ1n) is 5.62. The Kier molecular flexibility index (Phi) is 3.06. The van der Waals surface area contributed by atoms with Crippen LogP contribution >= 0.6 is 0 Å². The van der Waals surface area contributed by atoms with E-state index >= 15 is 0 Å². The van der Waals surface area contributed by atoms with Gasteiger partial charge in [-0.05, 0) is 36.5 Å². The molecule has 2 unspecified atom stereocenters. The molecule has 1 saturated carbocycles. The summed E-state index contributed by atoms with van der Waals surface area (Å²) in [4.78, 5) is 0. The summed E-state index contributed by atoms with van der Waals surface area (Å²) in [7, 11) is 0. The average molecular weight is 183 g/mol. The van der Waals surface area contributed by atoms with Gasteiger partial charge in [-0.2, -0.15) is 0 Å². The fraction of sp³-hybridized carbons (Fsp3) is 1.00. The molecule has 0 saturated heterocycles. The summed E-state index contributed by atoms with van der Waals surface area (Å²) in [5, 5.41) is 0. The molecule has 2 N–H and O–H groups in total. The zero-order valence-electron chi connectivity index (χ0n) is 9.69. The second-order valence-electron chi connectivity index (χ2n) is 6.07. The molecule has 0 radical (unpaired) electrons. The van der Waals surface area contributed by atoms with Gasteiger partial charge in [0.25, 0.3) is 0 Å². The molecule has 1 nitrogen and oxygen atoms in total. The minimum atomic E-state index is 0.431. The molecular weight excluding hydrogens is 158 g/mol. The quantitative estimate of drug-likeness (QED) is 0.698. The van der Waals surface area contributed by atoms with Crippen LogP contribution in [-0.4, -0.2) is 6.04 Å². The molecule has 1 aliphatic rings. The van der Waals surface area contributed by atoms with Gasteiger partial charge in [-0.3, -0.25) is 0 Å². The summed E-state index contributed by atoms with van der Waals surface area (Å²) < 4.78 is 0. The number of hydrogen-bond acceptors (Lipinski definition) is 1. The Bertz CT molecular complexity index is 174. The van der Waals surface area contributed by atoms with Gasteiger partial charge in [0.05, 0.1) is 0 Å². The van der Waals surface area contributed by atoms with Crippen molar-refractivity contribution in [1.29, 1.82) is 0 Å². The maximum Gasteiger partial charge on any atom is 0.00491 e. The molecule has 0 aromatic rings. The van der Waals surface area contributed by atoms with Gasteiger partial charge in [0.2, 0.25) is 0 Å². The molecule has 1 heteroatoms. The van der Waals surface area contributed by atoms with Gasteiger partial charge in [0.1, 0.15) is 0 Å². The van der Waals surface area contributed by atoms with Gasteiger partial charge in [-0.15, -0.1) is 0 Å². The zero-order chi connectivity index (χ0) is 10.1. The van der Waals surface area contributed by atoms with E-state index in [4.69, 9.17) is 5.73 Å². The normalized spacial score (nSPS) is 39.0. The van der Waals surface area contributed by atoms with Gasteiger partial charge in [-0.25, -0.2) is 0 Å². The van der Waals surface area contributed by atoms with Gasteiger partial charge < -0.3 is 5.73 Å². The Morgan fingerprint density at radius 1 is 1.23 bits per heavy atom. The molecule has 0 amide bonds. The van der Waals surface area contributed by atoms with Crippen molar-refractivity contribution in [3.8, 4) is 0 Å². The lowest BCUT2D eigenvalue weighted by atomic mass is 9.61. The molecule has 0 aromatic heterocycles. The fourth-order valence-electron chi connectivity index (χ4n) is 3.51. The van der Waals surface area contributed by atoms with Crippen LogP contribution < -0.4 is 5.73 Å². The lowest BCUT2D eigenvalue weighted by molar-refractivity contribution is 0.0754. The largest absolute Gasteiger partial charge is 0.328 e. The minimum absolute atomic E-state index is 0.431. The molecule has 0 bridgehead atoms. The number of hydrogen-bond donors (Lipinski definition) is 1. The molecule has 1 fully saturated rings. The highest BCUT2D eigenvalue weighted by molar-refractivity contribution is 4.92. The summed E-state index contributed by atoms with van der Waals surface area (Å²) in [6.07, 6.45) is 6.40. The molecule has 1 aliphatic carbocycles. The van der Waals surface area contributed by atoms with E-state index in [9.17, 15) is 0 Å². The first kappa shape index (κ1) is 11.0. The molecule has 1 rings (SSSR count). The maximum atomic E-state index is 6.12. The van der Waals surface area contributed by atoms with Crippen molar-refractivity contribution in [2.24, 2.45) is 16.6 Å². The lowest BCUT2D eigenvalue weighted by Crippen LogP contribution is -2.42. The molecule has 0 aliphatic heterocycles. The van der Waals surface area contributed by atoms with Gasteiger partial charge in [0, 0.05) is 6.04 Å². The van der Waals surface area contributed by atoms with Crippen molar-refractivity contribution >= 4 is 0 Å². The Morgan fingerprint density at radius 2 is 1.85 bits per heavy atom.